The summed E-state index contributed by atoms with van der Waals surface area (Å²) in [6.45, 7) is 6.75. The van der Waals surface area contributed by atoms with E-state index in [9.17, 15) is 0 Å². The lowest BCUT2D eigenvalue weighted by Crippen LogP contribution is -2.23. The summed E-state index contributed by atoms with van der Waals surface area (Å²) < 4.78 is 3.63. The predicted octanol–water partition coefficient (Wildman–Crippen LogP) is 4.19. The van der Waals surface area contributed by atoms with E-state index in [0.29, 0.717) is 0 Å². The van der Waals surface area contributed by atoms with Crippen LogP contribution in [0.15, 0.2) is 0 Å². The number of nitrogens with zero attached hydrogens (tertiary/aromatic N) is 2. The zero-order valence-electron chi connectivity index (χ0n) is 12.6. The van der Waals surface area contributed by atoms with Gasteiger partial charge in [-0.25, -0.2) is 9.97 Å². The fraction of sp³-hybridized carbons (Fsp3) is 0.600. The molecule has 0 aromatic carbocycles. The van der Waals surface area contributed by atoms with Crippen LogP contribution in [0.1, 0.15) is 43.3 Å². The van der Waals surface area contributed by atoms with Gasteiger partial charge in [-0.2, -0.15) is 0 Å². The molecule has 0 fully saturated rings. The standard InChI is InChI=1S/C11H12N3S.2C2H5.Al/c1-2-7-9-6-4-3-5-8(6)15-10(9)14-11(12)13-7;2*1-2;/h2-5H2,1H3,(H-,12,13,14);2*1H2,2H3;/q-1;;;+1. The van der Waals surface area contributed by atoms with E-state index in [1.807, 2.05) is 11.3 Å². The summed E-state index contributed by atoms with van der Waals surface area (Å²) in [5.74, 6) is 0.884. The van der Waals surface area contributed by atoms with Crippen molar-refractivity contribution < 1.29 is 0 Å². The summed E-state index contributed by atoms with van der Waals surface area (Å²) in [5, 5.41) is 3.88. The number of fused-ring (bicyclic) bond motifs is 3. The summed E-state index contributed by atoms with van der Waals surface area (Å²) in [4.78, 5) is 12.4. The number of rotatable bonds is 5. The third-order valence-electron chi connectivity index (χ3n) is 4.29. The maximum atomic E-state index is 4.82. The van der Waals surface area contributed by atoms with Gasteiger partial charge in [0.2, 0.25) is 0 Å². The molecule has 2 heterocycles. The topological polar surface area (TPSA) is 37.8 Å². The number of anilines is 1. The lowest BCUT2D eigenvalue weighted by atomic mass is 10.1. The third-order valence-corrected chi connectivity index (χ3v) is 8.12. The highest BCUT2D eigenvalue weighted by Gasteiger charge is 2.22. The molecule has 1 N–H and O–H groups in total. The second kappa shape index (κ2) is 6.01. The predicted molar refractivity (Wildman–Crippen MR) is 89.2 cm³/mol. The van der Waals surface area contributed by atoms with Crippen LogP contribution < -0.4 is 4.30 Å². The number of nitrogens with one attached hydrogen (secondary N) is 1. The van der Waals surface area contributed by atoms with Gasteiger partial charge in [0.15, 0.2) is 5.95 Å². The van der Waals surface area contributed by atoms with Crippen molar-refractivity contribution in [1.29, 1.82) is 0 Å². The van der Waals surface area contributed by atoms with Crippen LogP contribution in [-0.2, 0) is 19.3 Å². The Morgan fingerprint density at radius 1 is 1.15 bits per heavy atom. The summed E-state index contributed by atoms with van der Waals surface area (Å²) in [6.07, 6.45) is 4.77. The minimum atomic E-state index is -0.900. The van der Waals surface area contributed by atoms with Gasteiger partial charge < -0.3 is 4.30 Å². The smallest absolute Gasteiger partial charge is 0.413 e. The Bertz CT molecular complexity index is 619. The zero-order valence-corrected chi connectivity index (χ0v) is 14.6. The Hall–Kier alpha value is -0.628. The Morgan fingerprint density at radius 2 is 1.95 bits per heavy atom. The average Bonchev–Trinajstić information content (AvgIpc) is 3.03. The van der Waals surface area contributed by atoms with Crippen molar-refractivity contribution in [1.82, 2.24) is 9.97 Å². The first-order valence-electron chi connectivity index (χ1n) is 7.84. The molecule has 0 saturated carbocycles. The quantitative estimate of drug-likeness (QED) is 0.842. The van der Waals surface area contributed by atoms with Gasteiger partial charge in [0, 0.05) is 10.3 Å². The minimum absolute atomic E-state index is 0.884. The fourth-order valence-electron chi connectivity index (χ4n) is 3.07. The van der Waals surface area contributed by atoms with Crippen LogP contribution in [0.25, 0.3) is 10.2 Å². The van der Waals surface area contributed by atoms with Gasteiger partial charge in [-0.05, 0) is 31.2 Å². The third kappa shape index (κ3) is 2.48. The first kappa shape index (κ1) is 14.3. The van der Waals surface area contributed by atoms with Crippen LogP contribution in [0.2, 0.25) is 10.6 Å². The maximum Gasteiger partial charge on any atom is 0.413 e. The molecule has 0 spiro atoms. The van der Waals surface area contributed by atoms with Crippen molar-refractivity contribution in [2.45, 2.75) is 57.0 Å². The van der Waals surface area contributed by atoms with E-state index < -0.39 is 14.4 Å². The van der Waals surface area contributed by atoms with Crippen molar-refractivity contribution in [2.24, 2.45) is 0 Å². The number of aromatic nitrogens is 2. The van der Waals surface area contributed by atoms with E-state index in [1.54, 1.807) is 10.4 Å². The monoisotopic (exact) mass is 303 g/mol. The molecule has 0 atom stereocenters. The van der Waals surface area contributed by atoms with Gasteiger partial charge in [-0.15, -0.1) is 11.3 Å². The van der Waals surface area contributed by atoms with E-state index >= 15 is 0 Å². The molecule has 3 rings (SSSR count). The van der Waals surface area contributed by atoms with Gasteiger partial charge in [-0.1, -0.05) is 31.3 Å². The van der Waals surface area contributed by atoms with Gasteiger partial charge in [0.1, 0.15) is 4.83 Å². The first-order chi connectivity index (χ1) is 9.76. The van der Waals surface area contributed by atoms with E-state index in [2.05, 4.69) is 25.1 Å². The average molecular weight is 303 g/mol. The van der Waals surface area contributed by atoms with E-state index in [4.69, 9.17) is 9.97 Å². The summed E-state index contributed by atoms with van der Waals surface area (Å²) in [7, 11) is 0. The molecule has 20 heavy (non-hydrogen) atoms. The summed E-state index contributed by atoms with van der Waals surface area (Å²) in [5.41, 5.74) is 2.80. The highest BCUT2D eigenvalue weighted by molar-refractivity contribution is 7.18. The Balaban J connectivity index is 2.04. The normalized spacial score (nSPS) is 13.8. The molecule has 1 aliphatic rings. The Labute approximate surface area is 129 Å². The Morgan fingerprint density at radius 3 is 2.65 bits per heavy atom. The SMILES string of the molecule is CCc1nc([NH][Al]([CH2]C)[CH2]C)nc2sc3c(c12)CCC3. The van der Waals surface area contributed by atoms with Gasteiger partial charge >= 0.3 is 14.4 Å². The van der Waals surface area contributed by atoms with E-state index in [0.717, 1.165) is 12.4 Å². The van der Waals surface area contributed by atoms with Gasteiger partial charge in [-0.3, -0.25) is 0 Å². The summed E-state index contributed by atoms with van der Waals surface area (Å²) in [6, 6.07) is 0. The molecular weight excluding hydrogens is 281 g/mol. The molecule has 2 aromatic rings. The van der Waals surface area contributed by atoms with Gasteiger partial charge in [0.25, 0.3) is 0 Å². The molecule has 2 aromatic heterocycles. The second-order valence-electron chi connectivity index (χ2n) is 5.54. The summed E-state index contributed by atoms with van der Waals surface area (Å²) >= 11 is 0.997. The highest BCUT2D eigenvalue weighted by Crippen LogP contribution is 2.38. The number of aryl methyl sites for hydroxylation is 3. The van der Waals surface area contributed by atoms with Crippen molar-refractivity contribution in [3.05, 3.63) is 16.1 Å². The van der Waals surface area contributed by atoms with Crippen LogP contribution >= 0.6 is 11.3 Å². The number of hydrogen-bond acceptors (Lipinski definition) is 4. The molecule has 0 unspecified atom stereocenters. The largest absolute Gasteiger partial charge is 0.444 e. The number of thiophene rings is 1. The van der Waals surface area contributed by atoms with Gasteiger partial charge in [0.05, 0.1) is 5.69 Å². The van der Waals surface area contributed by atoms with Crippen molar-refractivity contribution in [2.75, 3.05) is 4.30 Å². The lowest BCUT2D eigenvalue weighted by molar-refractivity contribution is 0.915. The number of hydrogen-bond donors (Lipinski definition) is 1. The zero-order chi connectivity index (χ0) is 14.1. The maximum absolute atomic E-state index is 4.82. The van der Waals surface area contributed by atoms with Crippen LogP contribution in [0.5, 0.6) is 0 Å². The molecule has 106 valence electrons. The van der Waals surface area contributed by atoms with Crippen LogP contribution in [0.3, 0.4) is 0 Å². The lowest BCUT2D eigenvalue weighted by Gasteiger charge is -2.11. The molecule has 5 heteroatoms. The van der Waals surface area contributed by atoms with Crippen LogP contribution in [0.4, 0.5) is 5.95 Å². The fourth-order valence-corrected chi connectivity index (χ4v) is 5.83. The molecular formula is C15H22AlN3S. The second-order valence-corrected chi connectivity index (χ2v) is 9.94. The van der Waals surface area contributed by atoms with Crippen molar-refractivity contribution in [3.8, 4) is 0 Å². The molecule has 1 aliphatic carbocycles. The van der Waals surface area contributed by atoms with Crippen molar-refractivity contribution >= 4 is 41.9 Å². The van der Waals surface area contributed by atoms with E-state index in [-0.39, 0.29) is 0 Å². The van der Waals surface area contributed by atoms with Crippen LogP contribution in [0, 0.1) is 0 Å². The molecule has 3 nitrogen and oxygen atoms in total. The highest BCUT2D eigenvalue weighted by atomic mass is 32.1. The minimum Gasteiger partial charge on any atom is -0.444 e. The molecule has 0 saturated heterocycles. The van der Waals surface area contributed by atoms with Crippen LogP contribution in [-0.4, -0.2) is 24.3 Å². The van der Waals surface area contributed by atoms with Crippen molar-refractivity contribution in [3.63, 3.8) is 0 Å². The molecule has 0 radical (unpaired) electrons. The Kier molecular flexibility index (Phi) is 4.30. The molecule has 0 amide bonds. The van der Waals surface area contributed by atoms with E-state index in [1.165, 1.54) is 45.7 Å². The molecule has 0 aliphatic heterocycles. The first-order valence-corrected chi connectivity index (χ1v) is 10.9. The molecule has 0 bridgehead atoms.